The third-order valence-electron chi connectivity index (χ3n) is 4.02. The Labute approximate surface area is 144 Å². The molecule has 0 bridgehead atoms. The minimum Gasteiger partial charge on any atom is -0.436 e. The Kier molecular flexibility index (Phi) is 4.22. The molecule has 0 saturated heterocycles. The number of carbonyl (C=O) groups is 1. The molecule has 3 aromatic rings. The van der Waals surface area contributed by atoms with Gasteiger partial charge in [0.25, 0.3) is 5.89 Å². The highest BCUT2D eigenvalue weighted by Gasteiger charge is 2.27. The van der Waals surface area contributed by atoms with Gasteiger partial charge in [0.05, 0.1) is 12.2 Å². The van der Waals surface area contributed by atoms with Gasteiger partial charge in [-0.15, -0.1) is 0 Å². The van der Waals surface area contributed by atoms with Crippen molar-refractivity contribution in [1.29, 1.82) is 0 Å². The summed E-state index contributed by atoms with van der Waals surface area (Å²) in [6.45, 7) is 2.49. The lowest BCUT2D eigenvalue weighted by Gasteiger charge is -2.13. The van der Waals surface area contributed by atoms with Gasteiger partial charge in [-0.3, -0.25) is 19.7 Å². The van der Waals surface area contributed by atoms with Crippen molar-refractivity contribution in [3.8, 4) is 0 Å². The molecule has 7 heteroatoms. The number of aromatic nitrogens is 3. The molecule has 1 N–H and O–H groups in total. The smallest absolute Gasteiger partial charge is 0.307 e. The first kappa shape index (κ1) is 15.5. The number of pyridine rings is 2. The van der Waals surface area contributed by atoms with Crippen molar-refractivity contribution < 1.29 is 9.21 Å². The lowest BCUT2D eigenvalue weighted by Crippen LogP contribution is -2.23. The number of amides is 1. The molecule has 1 aliphatic rings. The Balaban J connectivity index is 1.35. The fourth-order valence-electron chi connectivity index (χ4n) is 2.82. The van der Waals surface area contributed by atoms with Crippen LogP contribution in [0, 0.1) is 0 Å². The summed E-state index contributed by atoms with van der Waals surface area (Å²) in [5, 5.41) is 2.80. The van der Waals surface area contributed by atoms with Gasteiger partial charge in [-0.1, -0.05) is 12.1 Å². The van der Waals surface area contributed by atoms with Crippen LogP contribution in [0.4, 0.5) is 0 Å². The second kappa shape index (κ2) is 6.82. The largest absolute Gasteiger partial charge is 0.436 e. The summed E-state index contributed by atoms with van der Waals surface area (Å²) in [6.07, 6.45) is 7.02. The summed E-state index contributed by atoms with van der Waals surface area (Å²) in [6, 6.07) is 7.70. The number of carbonyl (C=O) groups excluding carboxylic acids is 1. The van der Waals surface area contributed by atoms with Crippen LogP contribution in [-0.2, 0) is 26.2 Å². The lowest BCUT2D eigenvalue weighted by molar-refractivity contribution is 0.0911. The molecule has 4 rings (SSSR count). The predicted octanol–water partition coefficient (Wildman–Crippen LogP) is 1.91. The predicted molar refractivity (Wildman–Crippen MR) is 89.1 cm³/mol. The molecule has 25 heavy (non-hydrogen) atoms. The van der Waals surface area contributed by atoms with Crippen molar-refractivity contribution in [2.24, 2.45) is 0 Å². The summed E-state index contributed by atoms with van der Waals surface area (Å²) in [4.78, 5) is 26.9. The lowest BCUT2D eigenvalue weighted by atomic mass is 10.3. The monoisotopic (exact) mass is 335 g/mol. The quantitative estimate of drug-likeness (QED) is 0.767. The number of hydrogen-bond acceptors (Lipinski definition) is 6. The van der Waals surface area contributed by atoms with Crippen molar-refractivity contribution in [2.45, 2.75) is 26.2 Å². The summed E-state index contributed by atoms with van der Waals surface area (Å²) in [5.41, 5.74) is 2.90. The molecule has 126 valence electrons. The molecule has 1 amide bonds. The van der Waals surface area contributed by atoms with Crippen LogP contribution in [0.15, 0.2) is 53.5 Å². The molecule has 0 spiro atoms. The molecule has 0 aromatic carbocycles. The van der Waals surface area contributed by atoms with Crippen LogP contribution in [0.25, 0.3) is 0 Å². The van der Waals surface area contributed by atoms with E-state index in [0.717, 1.165) is 29.1 Å². The third kappa shape index (κ3) is 3.56. The molecule has 3 aromatic heterocycles. The normalized spacial score (nSPS) is 13.6. The van der Waals surface area contributed by atoms with Gasteiger partial charge in [-0.05, 0) is 23.3 Å². The zero-order valence-electron chi connectivity index (χ0n) is 13.6. The summed E-state index contributed by atoms with van der Waals surface area (Å²) < 4.78 is 5.65. The highest BCUT2D eigenvalue weighted by molar-refractivity contribution is 5.89. The molecular formula is C18H17N5O2. The van der Waals surface area contributed by atoms with E-state index in [1.54, 1.807) is 18.6 Å². The molecular weight excluding hydrogens is 318 g/mol. The van der Waals surface area contributed by atoms with Crippen molar-refractivity contribution >= 4 is 5.91 Å². The van der Waals surface area contributed by atoms with E-state index in [2.05, 4.69) is 25.2 Å². The van der Waals surface area contributed by atoms with E-state index in [-0.39, 0.29) is 11.8 Å². The van der Waals surface area contributed by atoms with Crippen LogP contribution in [0.3, 0.4) is 0 Å². The van der Waals surface area contributed by atoms with Gasteiger partial charge in [0.15, 0.2) is 0 Å². The molecule has 0 fully saturated rings. The van der Waals surface area contributed by atoms with Gasteiger partial charge < -0.3 is 9.73 Å². The van der Waals surface area contributed by atoms with E-state index in [9.17, 15) is 4.79 Å². The Morgan fingerprint density at radius 3 is 2.56 bits per heavy atom. The fourth-order valence-corrected chi connectivity index (χ4v) is 2.82. The minimum atomic E-state index is -0.308. The SMILES string of the molecule is O=C(NCc1cccnc1)c1nc2c(o1)CN(Cc1cccnc1)C2. The Bertz CT molecular complexity index is 840. The Hall–Kier alpha value is -3.06. The molecule has 4 heterocycles. The number of fused-ring (bicyclic) bond motifs is 1. The number of oxazole rings is 1. The average molecular weight is 335 g/mol. The fraction of sp³-hybridized carbons (Fsp3) is 0.222. The molecule has 0 aliphatic carbocycles. The standard InChI is InChI=1S/C18H17N5O2/c24-17(21-9-13-3-1-5-19-7-13)18-22-15-11-23(12-16(15)25-18)10-14-4-2-6-20-8-14/h1-8H,9-12H2,(H,21,24). The van der Waals surface area contributed by atoms with Crippen LogP contribution < -0.4 is 5.32 Å². The number of nitrogens with zero attached hydrogens (tertiary/aromatic N) is 4. The maximum absolute atomic E-state index is 12.2. The van der Waals surface area contributed by atoms with E-state index in [1.807, 2.05) is 30.5 Å². The highest BCUT2D eigenvalue weighted by atomic mass is 16.4. The van der Waals surface area contributed by atoms with Crippen molar-refractivity contribution in [1.82, 2.24) is 25.2 Å². The van der Waals surface area contributed by atoms with E-state index in [4.69, 9.17) is 4.42 Å². The maximum atomic E-state index is 12.2. The van der Waals surface area contributed by atoms with Gasteiger partial charge in [-0.2, -0.15) is 0 Å². The van der Waals surface area contributed by atoms with Gasteiger partial charge in [0.2, 0.25) is 0 Å². The maximum Gasteiger partial charge on any atom is 0.307 e. The van der Waals surface area contributed by atoms with Crippen molar-refractivity contribution in [3.63, 3.8) is 0 Å². The summed E-state index contributed by atoms with van der Waals surface area (Å²) in [5.74, 6) is 0.572. The van der Waals surface area contributed by atoms with Crippen LogP contribution in [0.1, 0.15) is 33.3 Å². The van der Waals surface area contributed by atoms with Crippen molar-refractivity contribution in [3.05, 3.63) is 77.5 Å². The first-order valence-corrected chi connectivity index (χ1v) is 8.05. The number of hydrogen-bond donors (Lipinski definition) is 1. The van der Waals surface area contributed by atoms with Gasteiger partial charge in [-0.25, -0.2) is 4.98 Å². The molecule has 1 aliphatic heterocycles. The van der Waals surface area contributed by atoms with Gasteiger partial charge in [0, 0.05) is 44.4 Å². The third-order valence-corrected chi connectivity index (χ3v) is 4.02. The first-order chi connectivity index (χ1) is 12.3. The van der Waals surface area contributed by atoms with Crippen LogP contribution in [-0.4, -0.2) is 25.8 Å². The summed E-state index contributed by atoms with van der Waals surface area (Å²) in [7, 11) is 0. The number of nitrogens with one attached hydrogen (secondary N) is 1. The second-order valence-corrected chi connectivity index (χ2v) is 5.94. The molecule has 7 nitrogen and oxygen atoms in total. The molecule has 0 unspecified atom stereocenters. The first-order valence-electron chi connectivity index (χ1n) is 8.05. The van der Waals surface area contributed by atoms with Crippen LogP contribution >= 0.6 is 0 Å². The van der Waals surface area contributed by atoms with Crippen molar-refractivity contribution in [2.75, 3.05) is 0 Å². The zero-order valence-corrected chi connectivity index (χ0v) is 13.6. The highest BCUT2D eigenvalue weighted by Crippen LogP contribution is 2.24. The topological polar surface area (TPSA) is 84.2 Å². The van der Waals surface area contributed by atoms with E-state index < -0.39 is 0 Å². The van der Waals surface area contributed by atoms with E-state index in [1.165, 1.54) is 0 Å². The number of rotatable bonds is 5. The van der Waals surface area contributed by atoms with Gasteiger partial charge in [0.1, 0.15) is 5.76 Å². The molecule has 0 atom stereocenters. The molecule has 0 saturated carbocycles. The molecule has 0 radical (unpaired) electrons. The van der Waals surface area contributed by atoms with Crippen LogP contribution in [0.5, 0.6) is 0 Å². The van der Waals surface area contributed by atoms with E-state index >= 15 is 0 Å². The Morgan fingerprint density at radius 1 is 1.12 bits per heavy atom. The Morgan fingerprint density at radius 2 is 1.88 bits per heavy atom. The zero-order chi connectivity index (χ0) is 17.1. The van der Waals surface area contributed by atoms with E-state index in [0.29, 0.717) is 19.6 Å². The van der Waals surface area contributed by atoms with Crippen LogP contribution in [0.2, 0.25) is 0 Å². The second-order valence-electron chi connectivity index (χ2n) is 5.94. The average Bonchev–Trinajstić information content (AvgIpc) is 3.20. The van der Waals surface area contributed by atoms with Gasteiger partial charge >= 0.3 is 5.91 Å². The minimum absolute atomic E-state index is 0.120. The summed E-state index contributed by atoms with van der Waals surface area (Å²) >= 11 is 0.